The van der Waals surface area contributed by atoms with E-state index in [-0.39, 0.29) is 11.8 Å². The normalized spacial score (nSPS) is 20.3. The van der Waals surface area contributed by atoms with E-state index in [9.17, 15) is 34.2 Å². The molecule has 11 heteroatoms. The standard InChI is InChI=1S/C21H36N4O7/c1-5-11(3)16(20(30)25-17(21(31)32)12(4)6-2)24-19(29)14(10-15(26)27)23-18(28)13-8-7-9-22-13/h11-14,16-17,22H,5-10H2,1-4H3,(H,23,28)(H,24,29)(H,25,30)(H,26,27)(H,31,32). The van der Waals surface area contributed by atoms with Crippen molar-refractivity contribution in [3.63, 3.8) is 0 Å². The summed E-state index contributed by atoms with van der Waals surface area (Å²) in [4.78, 5) is 61.0. The second-order valence-corrected chi connectivity index (χ2v) is 8.39. The van der Waals surface area contributed by atoms with Crippen molar-refractivity contribution >= 4 is 29.7 Å². The number of rotatable bonds is 13. The molecule has 3 amide bonds. The zero-order valence-corrected chi connectivity index (χ0v) is 19.1. The zero-order chi connectivity index (χ0) is 24.4. The van der Waals surface area contributed by atoms with Gasteiger partial charge >= 0.3 is 11.9 Å². The summed E-state index contributed by atoms with van der Waals surface area (Å²) in [6, 6.07) is -4.08. The molecule has 0 aromatic rings. The monoisotopic (exact) mass is 456 g/mol. The summed E-state index contributed by atoms with van der Waals surface area (Å²) in [5.74, 6) is -5.10. The Morgan fingerprint density at radius 3 is 1.94 bits per heavy atom. The van der Waals surface area contributed by atoms with Gasteiger partial charge in [0.15, 0.2) is 0 Å². The van der Waals surface area contributed by atoms with Crippen LogP contribution in [0.4, 0.5) is 0 Å². The third-order valence-electron chi connectivity index (χ3n) is 5.96. The molecule has 0 aliphatic carbocycles. The largest absolute Gasteiger partial charge is 0.481 e. The maximum atomic E-state index is 12.9. The first kappa shape index (κ1) is 27.3. The minimum Gasteiger partial charge on any atom is -0.481 e. The molecule has 0 bridgehead atoms. The van der Waals surface area contributed by atoms with Gasteiger partial charge in [-0.3, -0.25) is 19.2 Å². The molecule has 1 rings (SSSR count). The van der Waals surface area contributed by atoms with Crippen molar-refractivity contribution in [2.45, 2.75) is 84.0 Å². The van der Waals surface area contributed by atoms with Gasteiger partial charge < -0.3 is 31.5 Å². The van der Waals surface area contributed by atoms with Crippen LogP contribution in [-0.2, 0) is 24.0 Å². The SMILES string of the molecule is CCC(C)C(NC(=O)C(NC(=O)C(CC(=O)O)NC(=O)C1CCCN1)C(C)CC)C(=O)O. The predicted molar refractivity (Wildman–Crippen MR) is 116 cm³/mol. The lowest BCUT2D eigenvalue weighted by Crippen LogP contribution is -2.59. The molecule has 182 valence electrons. The molecular formula is C21H36N4O7. The van der Waals surface area contributed by atoms with E-state index in [0.717, 1.165) is 6.42 Å². The molecule has 6 unspecified atom stereocenters. The Morgan fingerprint density at radius 2 is 1.47 bits per heavy atom. The van der Waals surface area contributed by atoms with Gasteiger partial charge in [0.05, 0.1) is 12.5 Å². The van der Waals surface area contributed by atoms with Crippen LogP contribution in [0, 0.1) is 11.8 Å². The van der Waals surface area contributed by atoms with Crippen molar-refractivity contribution < 1.29 is 34.2 Å². The maximum absolute atomic E-state index is 12.9. The lowest BCUT2D eigenvalue weighted by Gasteiger charge is -2.29. The molecule has 0 radical (unpaired) electrons. The molecule has 0 spiro atoms. The third-order valence-corrected chi connectivity index (χ3v) is 5.96. The van der Waals surface area contributed by atoms with Crippen LogP contribution in [0.1, 0.15) is 59.8 Å². The van der Waals surface area contributed by atoms with E-state index in [1.54, 1.807) is 20.8 Å². The molecule has 1 saturated heterocycles. The minimum atomic E-state index is -1.37. The van der Waals surface area contributed by atoms with Crippen molar-refractivity contribution in [2.75, 3.05) is 6.54 Å². The molecule has 32 heavy (non-hydrogen) atoms. The molecule has 6 atom stereocenters. The lowest BCUT2D eigenvalue weighted by atomic mass is 9.95. The number of carboxylic acids is 2. The van der Waals surface area contributed by atoms with Gasteiger partial charge in [-0.15, -0.1) is 0 Å². The Bertz CT molecular complexity index is 694. The Morgan fingerprint density at radius 1 is 0.906 bits per heavy atom. The molecule has 1 fully saturated rings. The predicted octanol–water partition coefficient (Wildman–Crippen LogP) is -0.156. The topological polar surface area (TPSA) is 174 Å². The number of carbonyl (C=O) groups is 5. The third kappa shape index (κ3) is 8.10. The highest BCUT2D eigenvalue weighted by Crippen LogP contribution is 2.13. The number of hydrogen-bond acceptors (Lipinski definition) is 6. The smallest absolute Gasteiger partial charge is 0.326 e. The van der Waals surface area contributed by atoms with Crippen molar-refractivity contribution in [2.24, 2.45) is 11.8 Å². The van der Waals surface area contributed by atoms with Crippen LogP contribution in [0.15, 0.2) is 0 Å². The quantitative estimate of drug-likeness (QED) is 0.222. The fourth-order valence-corrected chi connectivity index (χ4v) is 3.45. The highest BCUT2D eigenvalue weighted by atomic mass is 16.4. The fraction of sp³-hybridized carbons (Fsp3) is 0.762. The van der Waals surface area contributed by atoms with E-state index >= 15 is 0 Å². The highest BCUT2D eigenvalue weighted by Gasteiger charge is 2.35. The molecule has 0 aromatic heterocycles. The Kier molecular flexibility index (Phi) is 11.1. The van der Waals surface area contributed by atoms with Crippen LogP contribution in [0.25, 0.3) is 0 Å². The molecule has 0 aromatic carbocycles. The number of nitrogens with one attached hydrogen (secondary N) is 4. The fourth-order valence-electron chi connectivity index (χ4n) is 3.45. The second kappa shape index (κ2) is 13.0. The molecule has 1 heterocycles. The molecule has 6 N–H and O–H groups in total. The maximum Gasteiger partial charge on any atom is 0.326 e. The van der Waals surface area contributed by atoms with Gasteiger partial charge in [0.1, 0.15) is 18.1 Å². The van der Waals surface area contributed by atoms with E-state index < -0.39 is 60.2 Å². The van der Waals surface area contributed by atoms with Gasteiger partial charge in [-0.2, -0.15) is 0 Å². The summed E-state index contributed by atoms with van der Waals surface area (Å²) in [5, 5.41) is 29.1. The first-order chi connectivity index (χ1) is 15.0. The first-order valence-corrected chi connectivity index (χ1v) is 11.1. The van der Waals surface area contributed by atoms with Crippen LogP contribution >= 0.6 is 0 Å². The van der Waals surface area contributed by atoms with E-state index in [4.69, 9.17) is 0 Å². The minimum absolute atomic E-state index is 0.331. The number of carboxylic acid groups (broad SMARTS) is 2. The summed E-state index contributed by atoms with van der Waals surface area (Å²) >= 11 is 0. The van der Waals surface area contributed by atoms with Gasteiger partial charge in [-0.25, -0.2) is 4.79 Å². The molecule has 1 aliphatic heterocycles. The van der Waals surface area contributed by atoms with E-state index in [1.807, 2.05) is 6.92 Å². The molecule has 1 aliphatic rings. The Balaban J connectivity index is 2.98. The number of hydrogen-bond donors (Lipinski definition) is 6. The number of amides is 3. The van der Waals surface area contributed by atoms with Gasteiger partial charge in [0.2, 0.25) is 17.7 Å². The Hall–Kier alpha value is -2.69. The van der Waals surface area contributed by atoms with Crippen LogP contribution in [0.5, 0.6) is 0 Å². The summed E-state index contributed by atoms with van der Waals surface area (Å²) in [6.45, 7) is 7.69. The van der Waals surface area contributed by atoms with Gasteiger partial charge in [0, 0.05) is 0 Å². The summed E-state index contributed by atoms with van der Waals surface area (Å²) in [6.07, 6.45) is 1.76. The molecular weight excluding hydrogens is 420 g/mol. The van der Waals surface area contributed by atoms with Crippen molar-refractivity contribution in [3.05, 3.63) is 0 Å². The van der Waals surface area contributed by atoms with Crippen LogP contribution in [0.2, 0.25) is 0 Å². The Labute approximate surface area is 188 Å². The average Bonchev–Trinajstić information content (AvgIpc) is 3.28. The molecule has 0 saturated carbocycles. The lowest BCUT2D eigenvalue weighted by molar-refractivity contribution is -0.144. The van der Waals surface area contributed by atoms with Crippen molar-refractivity contribution in [3.8, 4) is 0 Å². The zero-order valence-electron chi connectivity index (χ0n) is 19.1. The first-order valence-electron chi connectivity index (χ1n) is 11.1. The molecule has 11 nitrogen and oxygen atoms in total. The van der Waals surface area contributed by atoms with Gasteiger partial charge in [-0.1, -0.05) is 40.5 Å². The van der Waals surface area contributed by atoms with Crippen LogP contribution in [0.3, 0.4) is 0 Å². The van der Waals surface area contributed by atoms with E-state index in [1.165, 1.54) is 0 Å². The summed E-state index contributed by atoms with van der Waals surface area (Å²) in [5.41, 5.74) is 0. The van der Waals surface area contributed by atoms with Crippen molar-refractivity contribution in [1.82, 2.24) is 21.3 Å². The van der Waals surface area contributed by atoms with Gasteiger partial charge in [0.25, 0.3) is 0 Å². The van der Waals surface area contributed by atoms with E-state index in [2.05, 4.69) is 21.3 Å². The number of carbonyl (C=O) groups excluding carboxylic acids is 3. The second-order valence-electron chi connectivity index (χ2n) is 8.39. The summed E-state index contributed by atoms with van der Waals surface area (Å²) in [7, 11) is 0. The highest BCUT2D eigenvalue weighted by molar-refractivity contribution is 5.95. The summed E-state index contributed by atoms with van der Waals surface area (Å²) < 4.78 is 0. The number of aliphatic carboxylic acids is 2. The van der Waals surface area contributed by atoms with Crippen LogP contribution < -0.4 is 21.3 Å². The van der Waals surface area contributed by atoms with Crippen LogP contribution in [-0.4, -0.2) is 70.6 Å². The average molecular weight is 457 g/mol. The van der Waals surface area contributed by atoms with Gasteiger partial charge in [-0.05, 0) is 31.2 Å². The van der Waals surface area contributed by atoms with E-state index in [0.29, 0.717) is 25.8 Å². The van der Waals surface area contributed by atoms with Crippen molar-refractivity contribution in [1.29, 1.82) is 0 Å².